The van der Waals surface area contributed by atoms with Crippen LogP contribution in [0.25, 0.3) is 0 Å². The van der Waals surface area contributed by atoms with Crippen molar-refractivity contribution in [2.45, 2.75) is 34.1 Å². The number of amides is 2. The summed E-state index contributed by atoms with van der Waals surface area (Å²) >= 11 is 6.06. The molecular formula is C17H23ClN2O4. The number of likely N-dealkylation sites (N-methyl/N-ethyl adjacent to an activating group) is 1. The summed E-state index contributed by atoms with van der Waals surface area (Å²) in [6.45, 7) is 7.37. The number of benzene rings is 1. The molecule has 0 aliphatic heterocycles. The van der Waals surface area contributed by atoms with Crippen LogP contribution in [0.1, 0.15) is 44.5 Å². The molecule has 0 unspecified atom stereocenters. The lowest BCUT2D eigenvalue weighted by Crippen LogP contribution is -2.35. The monoisotopic (exact) mass is 354 g/mol. The minimum Gasteiger partial charge on any atom is -0.480 e. The summed E-state index contributed by atoms with van der Waals surface area (Å²) in [6, 6.07) is 4.58. The Labute approximate surface area is 146 Å². The van der Waals surface area contributed by atoms with Gasteiger partial charge in [0.25, 0.3) is 5.91 Å². The molecule has 1 aromatic rings. The number of hydrogen-bond acceptors (Lipinski definition) is 3. The lowest BCUT2D eigenvalue weighted by Gasteiger charge is -2.20. The van der Waals surface area contributed by atoms with Crippen molar-refractivity contribution in [3.63, 3.8) is 0 Å². The van der Waals surface area contributed by atoms with Crippen molar-refractivity contribution in [2.24, 2.45) is 5.41 Å². The third-order valence-electron chi connectivity index (χ3n) is 3.17. The molecule has 0 saturated heterocycles. The normalized spacial score (nSPS) is 11.0. The summed E-state index contributed by atoms with van der Waals surface area (Å²) in [5.74, 6) is -1.76. The average molecular weight is 355 g/mol. The first-order valence-electron chi connectivity index (χ1n) is 7.64. The molecule has 0 heterocycles. The number of rotatable bonds is 6. The summed E-state index contributed by atoms with van der Waals surface area (Å²) < 4.78 is 0. The fourth-order valence-corrected chi connectivity index (χ4v) is 2.31. The molecule has 0 atom stereocenters. The van der Waals surface area contributed by atoms with Gasteiger partial charge in [0.2, 0.25) is 5.91 Å². The molecular weight excluding hydrogens is 332 g/mol. The zero-order valence-electron chi connectivity index (χ0n) is 14.4. The zero-order chi connectivity index (χ0) is 18.5. The first-order chi connectivity index (χ1) is 11.0. The van der Waals surface area contributed by atoms with E-state index < -0.39 is 18.4 Å². The van der Waals surface area contributed by atoms with Crippen molar-refractivity contribution in [2.75, 3.05) is 18.4 Å². The van der Waals surface area contributed by atoms with E-state index in [1.165, 1.54) is 17.0 Å². The van der Waals surface area contributed by atoms with Gasteiger partial charge in [-0.15, -0.1) is 0 Å². The molecule has 0 bridgehead atoms. The second kappa shape index (κ2) is 8.15. The van der Waals surface area contributed by atoms with Gasteiger partial charge in [-0.25, -0.2) is 0 Å². The molecule has 1 rings (SSSR count). The van der Waals surface area contributed by atoms with Crippen molar-refractivity contribution >= 4 is 35.1 Å². The van der Waals surface area contributed by atoms with E-state index in [2.05, 4.69) is 5.32 Å². The Kier molecular flexibility index (Phi) is 6.78. The van der Waals surface area contributed by atoms with E-state index >= 15 is 0 Å². The quantitative estimate of drug-likeness (QED) is 0.820. The largest absolute Gasteiger partial charge is 0.480 e. The molecule has 0 aliphatic rings. The molecule has 0 aliphatic carbocycles. The lowest BCUT2D eigenvalue weighted by atomic mass is 9.92. The summed E-state index contributed by atoms with van der Waals surface area (Å²) in [5.41, 5.74) is 0.451. The molecule has 1 aromatic carbocycles. The number of halogens is 1. The molecule has 6 nitrogen and oxygen atoms in total. The third kappa shape index (κ3) is 6.20. The Morgan fingerprint density at radius 2 is 1.88 bits per heavy atom. The predicted molar refractivity (Wildman–Crippen MR) is 93.4 cm³/mol. The van der Waals surface area contributed by atoms with Gasteiger partial charge < -0.3 is 15.3 Å². The Morgan fingerprint density at radius 1 is 1.25 bits per heavy atom. The SMILES string of the molecule is CCN(CC(=O)O)C(=O)c1cc(NC(=O)CC(C)(C)C)ccc1Cl. The summed E-state index contributed by atoms with van der Waals surface area (Å²) in [7, 11) is 0. The molecule has 24 heavy (non-hydrogen) atoms. The summed E-state index contributed by atoms with van der Waals surface area (Å²) in [5, 5.41) is 11.8. The topological polar surface area (TPSA) is 86.7 Å². The molecule has 0 spiro atoms. The Morgan fingerprint density at radius 3 is 2.38 bits per heavy atom. The van der Waals surface area contributed by atoms with E-state index in [9.17, 15) is 14.4 Å². The van der Waals surface area contributed by atoms with Gasteiger partial charge in [0.05, 0.1) is 10.6 Å². The number of aliphatic carboxylic acids is 1. The number of anilines is 1. The van der Waals surface area contributed by atoms with Gasteiger partial charge in [0.15, 0.2) is 0 Å². The van der Waals surface area contributed by atoms with Crippen LogP contribution >= 0.6 is 11.6 Å². The van der Waals surface area contributed by atoms with Crippen LogP contribution in [0.3, 0.4) is 0 Å². The second-order valence-corrected chi connectivity index (χ2v) is 7.10. The van der Waals surface area contributed by atoms with Crippen LogP contribution < -0.4 is 5.32 Å². The van der Waals surface area contributed by atoms with Crippen LogP contribution in [0.4, 0.5) is 5.69 Å². The number of hydrogen-bond donors (Lipinski definition) is 2. The van der Waals surface area contributed by atoms with Gasteiger partial charge >= 0.3 is 5.97 Å². The summed E-state index contributed by atoms with van der Waals surface area (Å²) in [4.78, 5) is 36.5. The second-order valence-electron chi connectivity index (χ2n) is 6.69. The van der Waals surface area contributed by atoms with Crippen LogP contribution in [-0.4, -0.2) is 40.9 Å². The third-order valence-corrected chi connectivity index (χ3v) is 3.50. The zero-order valence-corrected chi connectivity index (χ0v) is 15.1. The highest BCUT2D eigenvalue weighted by Crippen LogP contribution is 2.24. The number of carboxylic acid groups (broad SMARTS) is 1. The number of carboxylic acids is 1. The smallest absolute Gasteiger partial charge is 0.323 e. The van der Waals surface area contributed by atoms with Gasteiger partial charge in [0.1, 0.15) is 6.54 Å². The maximum Gasteiger partial charge on any atom is 0.323 e. The maximum absolute atomic E-state index is 12.5. The molecule has 0 fully saturated rings. The first kappa shape index (κ1) is 20.0. The van der Waals surface area contributed by atoms with Gasteiger partial charge in [-0.3, -0.25) is 14.4 Å². The van der Waals surface area contributed by atoms with Crippen molar-refractivity contribution in [3.05, 3.63) is 28.8 Å². The van der Waals surface area contributed by atoms with Crippen LogP contribution in [0.5, 0.6) is 0 Å². The maximum atomic E-state index is 12.5. The standard InChI is InChI=1S/C17H23ClN2O4/c1-5-20(10-15(22)23)16(24)12-8-11(6-7-13(12)18)19-14(21)9-17(2,3)4/h6-8H,5,9-10H2,1-4H3,(H,19,21)(H,22,23). The predicted octanol–water partition coefficient (Wildman–Crippen LogP) is 3.26. The van der Waals surface area contributed by atoms with E-state index in [0.29, 0.717) is 12.1 Å². The van der Waals surface area contributed by atoms with E-state index in [0.717, 1.165) is 0 Å². The number of nitrogens with one attached hydrogen (secondary N) is 1. The molecule has 0 saturated carbocycles. The highest BCUT2D eigenvalue weighted by atomic mass is 35.5. The Balaban J connectivity index is 2.99. The van der Waals surface area contributed by atoms with E-state index in [1.54, 1.807) is 13.0 Å². The fourth-order valence-electron chi connectivity index (χ4n) is 2.11. The highest BCUT2D eigenvalue weighted by molar-refractivity contribution is 6.34. The van der Waals surface area contributed by atoms with Crippen molar-refractivity contribution in [1.82, 2.24) is 4.90 Å². The average Bonchev–Trinajstić information content (AvgIpc) is 2.43. The number of carbonyl (C=O) groups is 3. The van der Waals surface area contributed by atoms with Crippen molar-refractivity contribution in [1.29, 1.82) is 0 Å². The molecule has 2 N–H and O–H groups in total. The number of nitrogens with zero attached hydrogens (tertiary/aromatic N) is 1. The molecule has 2 amide bonds. The van der Waals surface area contributed by atoms with E-state index in [-0.39, 0.29) is 28.5 Å². The minimum absolute atomic E-state index is 0.157. The van der Waals surface area contributed by atoms with Gasteiger partial charge in [0, 0.05) is 18.7 Å². The summed E-state index contributed by atoms with van der Waals surface area (Å²) in [6.07, 6.45) is 0.332. The molecule has 0 radical (unpaired) electrons. The fraction of sp³-hybridized carbons (Fsp3) is 0.471. The first-order valence-corrected chi connectivity index (χ1v) is 8.01. The van der Waals surface area contributed by atoms with Crippen LogP contribution in [0.2, 0.25) is 5.02 Å². The molecule has 7 heteroatoms. The molecule has 132 valence electrons. The van der Waals surface area contributed by atoms with E-state index in [1.807, 2.05) is 20.8 Å². The minimum atomic E-state index is -1.10. The van der Waals surface area contributed by atoms with Crippen LogP contribution in [-0.2, 0) is 9.59 Å². The number of carbonyl (C=O) groups excluding carboxylic acids is 2. The van der Waals surface area contributed by atoms with Gasteiger partial charge in [-0.05, 0) is 30.5 Å². The van der Waals surface area contributed by atoms with E-state index in [4.69, 9.17) is 16.7 Å². The Bertz CT molecular complexity index is 638. The highest BCUT2D eigenvalue weighted by Gasteiger charge is 2.21. The van der Waals surface area contributed by atoms with Crippen molar-refractivity contribution < 1.29 is 19.5 Å². The van der Waals surface area contributed by atoms with Crippen LogP contribution in [0, 0.1) is 5.41 Å². The lowest BCUT2D eigenvalue weighted by molar-refractivity contribution is -0.137. The van der Waals surface area contributed by atoms with Crippen molar-refractivity contribution in [3.8, 4) is 0 Å². The van der Waals surface area contributed by atoms with Gasteiger partial charge in [-0.2, -0.15) is 0 Å². The Hall–Kier alpha value is -2.08. The van der Waals surface area contributed by atoms with Crippen LogP contribution in [0.15, 0.2) is 18.2 Å². The molecule has 0 aromatic heterocycles. The van der Waals surface area contributed by atoms with Gasteiger partial charge in [-0.1, -0.05) is 32.4 Å².